The minimum absolute atomic E-state index is 0.141. The molecular formula is C19H30N2O3. The Labute approximate surface area is 145 Å². The van der Waals surface area contributed by atoms with Gasteiger partial charge in [0.1, 0.15) is 11.5 Å². The van der Waals surface area contributed by atoms with Gasteiger partial charge < -0.3 is 14.8 Å². The van der Waals surface area contributed by atoms with Crippen LogP contribution in [-0.4, -0.2) is 44.2 Å². The summed E-state index contributed by atoms with van der Waals surface area (Å²) in [4.78, 5) is 14.6. The fourth-order valence-corrected chi connectivity index (χ4v) is 3.06. The molecule has 0 unspecified atom stereocenters. The molecule has 0 spiro atoms. The van der Waals surface area contributed by atoms with Gasteiger partial charge in [-0.05, 0) is 57.5 Å². The van der Waals surface area contributed by atoms with Crippen LogP contribution in [0.5, 0.6) is 11.5 Å². The number of hydrogen-bond donors (Lipinski definition) is 1. The SMILES string of the molecule is CC[C@@H](C)NC(=O)C1CCN(Cc2cc(OC)ccc2OC)CC1. The number of benzene rings is 1. The normalized spacial score (nSPS) is 17.3. The number of amides is 1. The smallest absolute Gasteiger partial charge is 0.223 e. The van der Waals surface area contributed by atoms with Crippen LogP contribution in [0.3, 0.4) is 0 Å². The highest BCUT2D eigenvalue weighted by molar-refractivity contribution is 5.79. The van der Waals surface area contributed by atoms with Gasteiger partial charge in [-0.25, -0.2) is 0 Å². The van der Waals surface area contributed by atoms with Crippen LogP contribution in [-0.2, 0) is 11.3 Å². The number of hydrogen-bond acceptors (Lipinski definition) is 4. The lowest BCUT2D eigenvalue weighted by Crippen LogP contribution is -2.42. The Morgan fingerprint density at radius 1 is 1.29 bits per heavy atom. The molecule has 0 aromatic heterocycles. The summed E-state index contributed by atoms with van der Waals surface area (Å²) in [6, 6.07) is 6.14. The zero-order chi connectivity index (χ0) is 17.5. The molecule has 5 heteroatoms. The van der Waals surface area contributed by atoms with Crippen LogP contribution in [0.25, 0.3) is 0 Å². The van der Waals surface area contributed by atoms with E-state index in [1.165, 1.54) is 0 Å². The first-order valence-electron chi connectivity index (χ1n) is 8.81. The van der Waals surface area contributed by atoms with Crippen LogP contribution in [0.2, 0.25) is 0 Å². The quantitative estimate of drug-likeness (QED) is 0.833. The molecule has 1 aromatic rings. The van der Waals surface area contributed by atoms with Gasteiger partial charge in [0.15, 0.2) is 0 Å². The minimum Gasteiger partial charge on any atom is -0.497 e. The molecule has 1 amide bonds. The third kappa shape index (κ3) is 4.87. The standard InChI is InChI=1S/C19H30N2O3/c1-5-14(2)20-19(22)15-8-10-21(11-9-15)13-16-12-17(23-3)6-7-18(16)24-4/h6-7,12,14-15H,5,8-11,13H2,1-4H3,(H,20,22)/t14-/m1/s1. The van der Waals surface area contributed by atoms with Gasteiger partial charge in [0.05, 0.1) is 14.2 Å². The first-order chi connectivity index (χ1) is 11.6. The maximum atomic E-state index is 12.3. The molecule has 1 aliphatic rings. The van der Waals surface area contributed by atoms with Crippen molar-refractivity contribution in [3.05, 3.63) is 23.8 Å². The zero-order valence-corrected chi connectivity index (χ0v) is 15.3. The highest BCUT2D eigenvalue weighted by Gasteiger charge is 2.26. The number of piperidine rings is 1. The highest BCUT2D eigenvalue weighted by atomic mass is 16.5. The van der Waals surface area contributed by atoms with E-state index >= 15 is 0 Å². The summed E-state index contributed by atoms with van der Waals surface area (Å²) in [7, 11) is 3.36. The van der Waals surface area contributed by atoms with E-state index in [0.717, 1.165) is 56.0 Å². The van der Waals surface area contributed by atoms with E-state index in [4.69, 9.17) is 9.47 Å². The van der Waals surface area contributed by atoms with E-state index in [2.05, 4.69) is 24.1 Å². The fraction of sp³-hybridized carbons (Fsp3) is 0.632. The number of carbonyl (C=O) groups is 1. The number of methoxy groups -OCH3 is 2. The van der Waals surface area contributed by atoms with Crippen molar-refractivity contribution in [1.82, 2.24) is 10.2 Å². The second-order valence-corrected chi connectivity index (χ2v) is 6.55. The molecule has 1 aromatic carbocycles. The predicted molar refractivity (Wildman–Crippen MR) is 95.4 cm³/mol. The van der Waals surface area contributed by atoms with E-state index in [-0.39, 0.29) is 17.9 Å². The van der Waals surface area contributed by atoms with E-state index in [1.54, 1.807) is 14.2 Å². The summed E-state index contributed by atoms with van der Waals surface area (Å²) < 4.78 is 10.8. The fourth-order valence-electron chi connectivity index (χ4n) is 3.06. The number of likely N-dealkylation sites (tertiary alicyclic amines) is 1. The third-order valence-electron chi connectivity index (χ3n) is 4.84. The Kier molecular flexibility index (Phi) is 6.91. The molecule has 2 rings (SSSR count). The number of ether oxygens (including phenoxy) is 2. The van der Waals surface area contributed by atoms with Crippen molar-refractivity contribution in [2.45, 2.75) is 45.7 Å². The molecule has 1 fully saturated rings. The molecule has 1 saturated heterocycles. The topological polar surface area (TPSA) is 50.8 Å². The number of rotatable bonds is 7. The Hall–Kier alpha value is -1.75. The van der Waals surface area contributed by atoms with Crippen molar-refractivity contribution < 1.29 is 14.3 Å². The Morgan fingerprint density at radius 2 is 2.00 bits per heavy atom. The molecule has 5 nitrogen and oxygen atoms in total. The Balaban J connectivity index is 1.90. The van der Waals surface area contributed by atoms with Crippen LogP contribution in [0.4, 0.5) is 0 Å². The first-order valence-corrected chi connectivity index (χ1v) is 8.81. The largest absolute Gasteiger partial charge is 0.497 e. The average molecular weight is 334 g/mol. The van der Waals surface area contributed by atoms with Crippen LogP contribution in [0.15, 0.2) is 18.2 Å². The maximum absolute atomic E-state index is 12.3. The van der Waals surface area contributed by atoms with Gasteiger partial charge in [-0.2, -0.15) is 0 Å². The molecule has 24 heavy (non-hydrogen) atoms. The van der Waals surface area contributed by atoms with Crippen molar-refractivity contribution in [3.63, 3.8) is 0 Å². The van der Waals surface area contributed by atoms with Crippen molar-refractivity contribution in [2.24, 2.45) is 5.92 Å². The van der Waals surface area contributed by atoms with Gasteiger partial charge in [0.25, 0.3) is 0 Å². The van der Waals surface area contributed by atoms with Gasteiger partial charge >= 0.3 is 0 Å². The molecule has 134 valence electrons. The van der Waals surface area contributed by atoms with E-state index < -0.39 is 0 Å². The lowest BCUT2D eigenvalue weighted by molar-refractivity contribution is -0.127. The second kappa shape index (κ2) is 8.92. The maximum Gasteiger partial charge on any atom is 0.223 e. The van der Waals surface area contributed by atoms with E-state index in [0.29, 0.717) is 0 Å². The molecule has 1 N–H and O–H groups in total. The molecule has 1 atom stereocenters. The monoisotopic (exact) mass is 334 g/mol. The lowest BCUT2D eigenvalue weighted by atomic mass is 9.95. The van der Waals surface area contributed by atoms with Gasteiger partial charge in [0.2, 0.25) is 5.91 Å². The van der Waals surface area contributed by atoms with Crippen LogP contribution >= 0.6 is 0 Å². The summed E-state index contributed by atoms with van der Waals surface area (Å²) >= 11 is 0. The zero-order valence-electron chi connectivity index (χ0n) is 15.3. The Morgan fingerprint density at radius 3 is 2.58 bits per heavy atom. The lowest BCUT2D eigenvalue weighted by Gasteiger charge is -2.32. The van der Waals surface area contributed by atoms with Gasteiger partial charge in [-0.3, -0.25) is 9.69 Å². The summed E-state index contributed by atoms with van der Waals surface area (Å²) in [5, 5.41) is 3.10. The molecule has 1 aliphatic heterocycles. The Bertz CT molecular complexity index is 539. The first kappa shape index (κ1) is 18.6. The number of nitrogens with zero attached hydrogens (tertiary/aromatic N) is 1. The average Bonchev–Trinajstić information content (AvgIpc) is 2.62. The molecular weight excluding hydrogens is 304 g/mol. The van der Waals surface area contributed by atoms with Crippen LogP contribution in [0.1, 0.15) is 38.7 Å². The molecule has 1 heterocycles. The molecule has 0 saturated carbocycles. The van der Waals surface area contributed by atoms with Crippen LogP contribution in [0, 0.1) is 5.92 Å². The van der Waals surface area contributed by atoms with Crippen molar-refractivity contribution in [1.29, 1.82) is 0 Å². The summed E-state index contributed by atoms with van der Waals surface area (Å²) in [5.41, 5.74) is 1.12. The highest BCUT2D eigenvalue weighted by Crippen LogP contribution is 2.27. The third-order valence-corrected chi connectivity index (χ3v) is 4.84. The van der Waals surface area contributed by atoms with Crippen LogP contribution < -0.4 is 14.8 Å². The molecule has 0 bridgehead atoms. The second-order valence-electron chi connectivity index (χ2n) is 6.55. The van der Waals surface area contributed by atoms with Crippen molar-refractivity contribution in [2.75, 3.05) is 27.3 Å². The number of carbonyl (C=O) groups excluding carboxylic acids is 1. The number of nitrogens with one attached hydrogen (secondary N) is 1. The summed E-state index contributed by atoms with van der Waals surface area (Å²) in [6.45, 7) is 6.83. The predicted octanol–water partition coefficient (Wildman–Crippen LogP) is 2.83. The van der Waals surface area contributed by atoms with Gasteiger partial charge in [-0.1, -0.05) is 6.92 Å². The summed E-state index contributed by atoms with van der Waals surface area (Å²) in [6.07, 6.45) is 2.79. The van der Waals surface area contributed by atoms with E-state index in [9.17, 15) is 4.79 Å². The van der Waals surface area contributed by atoms with Crippen molar-refractivity contribution >= 4 is 5.91 Å². The van der Waals surface area contributed by atoms with Gasteiger partial charge in [-0.15, -0.1) is 0 Å². The summed E-state index contributed by atoms with van der Waals surface area (Å²) in [5.74, 6) is 2.08. The molecule has 0 aliphatic carbocycles. The van der Waals surface area contributed by atoms with Crippen molar-refractivity contribution in [3.8, 4) is 11.5 Å². The van der Waals surface area contributed by atoms with E-state index in [1.807, 2.05) is 18.2 Å². The molecule has 0 radical (unpaired) electrons. The van der Waals surface area contributed by atoms with Gasteiger partial charge in [0, 0.05) is 24.1 Å². The minimum atomic E-state index is 0.141.